The first kappa shape index (κ1) is 18.0. The minimum Gasteiger partial charge on any atom is -0.484 e. The Labute approximate surface area is 151 Å². The first-order valence-electron chi connectivity index (χ1n) is 8.45. The van der Waals surface area contributed by atoms with Crippen LogP contribution in [0.15, 0.2) is 34.7 Å². The Balaban J connectivity index is 1.50. The second-order valence-corrected chi connectivity index (χ2v) is 6.62. The van der Waals surface area contributed by atoms with E-state index in [4.69, 9.17) is 9.15 Å². The van der Waals surface area contributed by atoms with Crippen LogP contribution in [0.1, 0.15) is 30.4 Å². The first-order chi connectivity index (χ1) is 12.3. The number of rotatable bonds is 6. The molecule has 7 nitrogen and oxygen atoms in total. The van der Waals surface area contributed by atoms with Gasteiger partial charge in [-0.2, -0.15) is 0 Å². The molecule has 7 heteroatoms. The molecule has 0 fully saturated rings. The molecule has 1 aliphatic heterocycles. The number of furan rings is 1. The highest BCUT2D eigenvalue weighted by Gasteiger charge is 2.27. The summed E-state index contributed by atoms with van der Waals surface area (Å²) in [4.78, 5) is 23.4. The molecule has 1 aliphatic rings. The maximum Gasteiger partial charge on any atom is 0.258 e. The van der Waals surface area contributed by atoms with Crippen LogP contribution in [0.3, 0.4) is 0 Å². The standard InChI is InChI=1S/C19H22N2O5/c1-12-3-7-16(26-12)19(2,24)11-20-18(23)10-25-14-5-6-15-13(9-14)4-8-17(22)21-15/h3,5-7,9,24H,4,8,10-11H2,1-2H3,(H,20,23)(H,21,22)/t19-/m1/s1. The number of aliphatic hydroxyl groups is 1. The Morgan fingerprint density at radius 2 is 2.15 bits per heavy atom. The van der Waals surface area contributed by atoms with E-state index in [1.54, 1.807) is 38.1 Å². The molecule has 0 saturated heterocycles. The monoisotopic (exact) mass is 358 g/mol. The molecule has 2 amide bonds. The number of aryl methyl sites for hydroxylation is 2. The number of carbonyl (C=O) groups excluding carboxylic acids is 2. The third-order valence-electron chi connectivity index (χ3n) is 4.24. The topological polar surface area (TPSA) is 101 Å². The highest BCUT2D eigenvalue weighted by molar-refractivity contribution is 5.94. The zero-order chi connectivity index (χ0) is 18.7. The van der Waals surface area contributed by atoms with Crippen molar-refractivity contribution in [1.82, 2.24) is 5.32 Å². The molecule has 0 saturated carbocycles. The summed E-state index contributed by atoms with van der Waals surface area (Å²) in [5, 5.41) is 15.8. The summed E-state index contributed by atoms with van der Waals surface area (Å²) in [6.07, 6.45) is 1.09. The van der Waals surface area contributed by atoms with E-state index in [0.29, 0.717) is 30.1 Å². The van der Waals surface area contributed by atoms with Crippen LogP contribution in [0, 0.1) is 6.92 Å². The lowest BCUT2D eigenvalue weighted by atomic mass is 10.0. The van der Waals surface area contributed by atoms with Crippen molar-refractivity contribution >= 4 is 17.5 Å². The largest absolute Gasteiger partial charge is 0.484 e. The van der Waals surface area contributed by atoms with E-state index < -0.39 is 5.60 Å². The average Bonchev–Trinajstić information content (AvgIpc) is 3.05. The van der Waals surface area contributed by atoms with Crippen LogP contribution in [-0.2, 0) is 21.6 Å². The summed E-state index contributed by atoms with van der Waals surface area (Å²) in [5.74, 6) is 1.30. The molecular weight excluding hydrogens is 336 g/mol. The van der Waals surface area contributed by atoms with Gasteiger partial charge >= 0.3 is 0 Å². The summed E-state index contributed by atoms with van der Waals surface area (Å²) in [5.41, 5.74) is 0.468. The summed E-state index contributed by atoms with van der Waals surface area (Å²) < 4.78 is 10.9. The Morgan fingerprint density at radius 1 is 1.35 bits per heavy atom. The van der Waals surface area contributed by atoms with E-state index in [9.17, 15) is 14.7 Å². The maximum absolute atomic E-state index is 12.0. The fraction of sp³-hybridized carbons (Fsp3) is 0.368. The van der Waals surface area contributed by atoms with Crippen molar-refractivity contribution in [3.8, 4) is 5.75 Å². The van der Waals surface area contributed by atoms with E-state index in [1.165, 1.54) is 0 Å². The Bertz CT molecular complexity index is 825. The minimum absolute atomic E-state index is 0.00403. The van der Waals surface area contributed by atoms with E-state index >= 15 is 0 Å². The van der Waals surface area contributed by atoms with Gasteiger partial charge < -0.3 is 24.9 Å². The number of fused-ring (bicyclic) bond motifs is 1. The van der Waals surface area contributed by atoms with Crippen LogP contribution < -0.4 is 15.4 Å². The van der Waals surface area contributed by atoms with Gasteiger partial charge in [-0.05, 0) is 56.2 Å². The Kier molecular flexibility index (Phi) is 4.99. The van der Waals surface area contributed by atoms with Gasteiger partial charge in [-0.3, -0.25) is 9.59 Å². The molecule has 2 aromatic rings. The summed E-state index contributed by atoms with van der Waals surface area (Å²) in [6.45, 7) is 3.21. The normalized spacial score (nSPS) is 15.6. The smallest absolute Gasteiger partial charge is 0.258 e. The number of carbonyl (C=O) groups is 2. The molecule has 0 spiro atoms. The van der Waals surface area contributed by atoms with Crippen LogP contribution in [0.25, 0.3) is 0 Å². The summed E-state index contributed by atoms with van der Waals surface area (Å²) in [7, 11) is 0. The van der Waals surface area contributed by atoms with Gasteiger partial charge in [-0.25, -0.2) is 0 Å². The molecule has 26 heavy (non-hydrogen) atoms. The van der Waals surface area contributed by atoms with Crippen molar-refractivity contribution in [3.05, 3.63) is 47.4 Å². The van der Waals surface area contributed by atoms with Gasteiger partial charge in [0.25, 0.3) is 5.91 Å². The fourth-order valence-electron chi connectivity index (χ4n) is 2.73. The van der Waals surface area contributed by atoms with E-state index in [1.807, 2.05) is 6.07 Å². The lowest BCUT2D eigenvalue weighted by molar-refractivity contribution is -0.124. The maximum atomic E-state index is 12.0. The molecule has 1 aromatic heterocycles. The minimum atomic E-state index is -1.30. The molecule has 3 N–H and O–H groups in total. The second kappa shape index (κ2) is 7.21. The van der Waals surface area contributed by atoms with Gasteiger partial charge in [0.05, 0.1) is 6.54 Å². The highest BCUT2D eigenvalue weighted by Crippen LogP contribution is 2.27. The predicted octanol–water partition coefficient (Wildman–Crippen LogP) is 1.88. The van der Waals surface area contributed by atoms with Crippen LogP contribution in [-0.4, -0.2) is 30.1 Å². The molecular formula is C19H22N2O5. The zero-order valence-electron chi connectivity index (χ0n) is 14.8. The quantitative estimate of drug-likeness (QED) is 0.732. The molecule has 0 unspecified atom stereocenters. The van der Waals surface area contributed by atoms with E-state index in [0.717, 1.165) is 11.3 Å². The third-order valence-corrected chi connectivity index (χ3v) is 4.24. The van der Waals surface area contributed by atoms with Crippen LogP contribution in [0.4, 0.5) is 5.69 Å². The number of hydrogen-bond donors (Lipinski definition) is 3. The highest BCUT2D eigenvalue weighted by atomic mass is 16.5. The first-order valence-corrected chi connectivity index (χ1v) is 8.45. The average molecular weight is 358 g/mol. The SMILES string of the molecule is Cc1ccc([C@](C)(O)CNC(=O)COc2ccc3c(c2)CCC(=O)N3)o1. The number of nitrogens with one attached hydrogen (secondary N) is 2. The molecule has 2 heterocycles. The Hall–Kier alpha value is -2.80. The number of anilines is 1. The van der Waals surface area contributed by atoms with Crippen LogP contribution in [0.2, 0.25) is 0 Å². The predicted molar refractivity (Wildman–Crippen MR) is 94.9 cm³/mol. The van der Waals surface area contributed by atoms with Crippen molar-refractivity contribution in [2.45, 2.75) is 32.3 Å². The lowest BCUT2D eigenvalue weighted by Gasteiger charge is -2.21. The number of ether oxygens (including phenoxy) is 1. The van der Waals surface area contributed by atoms with Crippen molar-refractivity contribution in [2.24, 2.45) is 0 Å². The fourth-order valence-corrected chi connectivity index (χ4v) is 2.73. The van der Waals surface area contributed by atoms with Crippen LogP contribution in [0.5, 0.6) is 5.75 Å². The van der Waals surface area contributed by atoms with Crippen molar-refractivity contribution in [3.63, 3.8) is 0 Å². The summed E-state index contributed by atoms with van der Waals surface area (Å²) in [6, 6.07) is 8.74. The lowest BCUT2D eigenvalue weighted by Crippen LogP contribution is -2.40. The van der Waals surface area contributed by atoms with Crippen molar-refractivity contribution in [2.75, 3.05) is 18.5 Å². The van der Waals surface area contributed by atoms with Crippen LogP contribution >= 0.6 is 0 Å². The van der Waals surface area contributed by atoms with Gasteiger partial charge in [0, 0.05) is 12.1 Å². The number of amides is 2. The van der Waals surface area contributed by atoms with E-state index in [2.05, 4.69) is 10.6 Å². The van der Waals surface area contributed by atoms with Gasteiger partial charge in [0.1, 0.15) is 22.9 Å². The molecule has 0 aliphatic carbocycles. The van der Waals surface area contributed by atoms with Gasteiger partial charge in [0.15, 0.2) is 6.61 Å². The second-order valence-electron chi connectivity index (χ2n) is 6.62. The molecule has 3 rings (SSSR count). The Morgan fingerprint density at radius 3 is 2.88 bits per heavy atom. The molecule has 1 atom stereocenters. The van der Waals surface area contributed by atoms with Crippen molar-refractivity contribution < 1.29 is 23.8 Å². The molecule has 138 valence electrons. The molecule has 1 aromatic carbocycles. The van der Waals surface area contributed by atoms with Gasteiger partial charge in [-0.15, -0.1) is 0 Å². The van der Waals surface area contributed by atoms with E-state index in [-0.39, 0.29) is 25.0 Å². The molecule has 0 bridgehead atoms. The van der Waals surface area contributed by atoms with Gasteiger partial charge in [-0.1, -0.05) is 0 Å². The van der Waals surface area contributed by atoms with Crippen molar-refractivity contribution in [1.29, 1.82) is 0 Å². The molecule has 0 radical (unpaired) electrons. The third kappa shape index (κ3) is 4.23. The zero-order valence-corrected chi connectivity index (χ0v) is 14.8. The number of benzene rings is 1. The summed E-state index contributed by atoms with van der Waals surface area (Å²) >= 11 is 0. The van der Waals surface area contributed by atoms with Gasteiger partial charge in [0.2, 0.25) is 5.91 Å². The number of hydrogen-bond acceptors (Lipinski definition) is 5.